The van der Waals surface area contributed by atoms with Gasteiger partial charge in [0.15, 0.2) is 0 Å². The summed E-state index contributed by atoms with van der Waals surface area (Å²) in [6.07, 6.45) is 11.1. The summed E-state index contributed by atoms with van der Waals surface area (Å²) in [4.78, 5) is 4.10. The van der Waals surface area contributed by atoms with Gasteiger partial charge in [0.1, 0.15) is 0 Å². The quantitative estimate of drug-likeness (QED) is 0.709. The molecule has 2 aliphatic heterocycles. The minimum atomic E-state index is 0.884. The third-order valence-corrected chi connectivity index (χ3v) is 2.32. The van der Waals surface area contributed by atoms with Crippen molar-refractivity contribution in [1.29, 1.82) is 0 Å². The van der Waals surface area contributed by atoms with Gasteiger partial charge in [0.2, 0.25) is 0 Å². The SMILES string of the molecule is C1=CNN=C(C2=CSC=CN=C2)C=C1. The molecule has 2 heterocycles. The van der Waals surface area contributed by atoms with Crippen LogP contribution in [0.1, 0.15) is 0 Å². The van der Waals surface area contributed by atoms with Gasteiger partial charge in [-0.3, -0.25) is 10.4 Å². The van der Waals surface area contributed by atoms with Crippen LogP contribution in [0, 0.1) is 0 Å². The van der Waals surface area contributed by atoms with Gasteiger partial charge in [-0.15, -0.1) is 11.8 Å². The lowest BCUT2D eigenvalue weighted by Gasteiger charge is -1.98. The number of aliphatic imine (C=N–C) groups is 1. The summed E-state index contributed by atoms with van der Waals surface area (Å²) in [6.45, 7) is 0. The summed E-state index contributed by atoms with van der Waals surface area (Å²) in [6, 6.07) is 0. The zero-order chi connectivity index (χ0) is 9.64. The van der Waals surface area contributed by atoms with Gasteiger partial charge < -0.3 is 0 Å². The molecule has 0 aromatic rings. The zero-order valence-electron chi connectivity index (χ0n) is 7.42. The van der Waals surface area contributed by atoms with E-state index in [1.54, 1.807) is 30.4 Å². The highest BCUT2D eigenvalue weighted by molar-refractivity contribution is 8.05. The number of hydrogen-bond acceptors (Lipinski definition) is 4. The molecule has 0 atom stereocenters. The van der Waals surface area contributed by atoms with Crippen LogP contribution in [-0.4, -0.2) is 11.9 Å². The summed E-state index contributed by atoms with van der Waals surface area (Å²) in [5.74, 6) is 0. The number of hydrogen-bond donors (Lipinski definition) is 1. The third-order valence-electron chi connectivity index (χ3n) is 1.65. The van der Waals surface area contributed by atoms with Crippen LogP contribution in [0.2, 0.25) is 0 Å². The van der Waals surface area contributed by atoms with Crippen LogP contribution in [0.5, 0.6) is 0 Å². The van der Waals surface area contributed by atoms with E-state index in [9.17, 15) is 0 Å². The highest BCUT2D eigenvalue weighted by Crippen LogP contribution is 2.13. The van der Waals surface area contributed by atoms with Crippen LogP contribution >= 0.6 is 11.8 Å². The molecule has 1 N–H and O–H groups in total. The molecule has 2 rings (SSSR count). The molecule has 3 nitrogen and oxygen atoms in total. The van der Waals surface area contributed by atoms with Crippen LogP contribution in [0.25, 0.3) is 0 Å². The first kappa shape index (κ1) is 9.02. The maximum Gasteiger partial charge on any atom is 0.0926 e. The molecule has 0 amide bonds. The average Bonchev–Trinajstić information content (AvgIpc) is 2.62. The molecule has 0 bridgehead atoms. The van der Waals surface area contributed by atoms with E-state index in [4.69, 9.17) is 0 Å². The fourth-order valence-electron chi connectivity index (χ4n) is 1.01. The van der Waals surface area contributed by atoms with E-state index >= 15 is 0 Å². The molecule has 0 spiro atoms. The summed E-state index contributed by atoms with van der Waals surface area (Å²) in [5.41, 5.74) is 4.72. The topological polar surface area (TPSA) is 36.8 Å². The van der Waals surface area contributed by atoms with Crippen LogP contribution in [-0.2, 0) is 0 Å². The number of hydrazone groups is 1. The van der Waals surface area contributed by atoms with Crippen molar-refractivity contribution in [3.8, 4) is 0 Å². The molecule has 0 radical (unpaired) electrons. The van der Waals surface area contributed by atoms with Gasteiger partial charge in [0.05, 0.1) is 5.71 Å². The second-order valence-corrected chi connectivity index (χ2v) is 3.40. The Labute approximate surface area is 86.7 Å². The monoisotopic (exact) mass is 203 g/mol. The van der Waals surface area contributed by atoms with E-state index in [0.717, 1.165) is 11.3 Å². The van der Waals surface area contributed by atoms with Gasteiger partial charge in [-0.05, 0) is 23.0 Å². The van der Waals surface area contributed by atoms with Crippen molar-refractivity contribution in [3.63, 3.8) is 0 Å². The van der Waals surface area contributed by atoms with E-state index in [2.05, 4.69) is 15.5 Å². The molecule has 0 unspecified atom stereocenters. The molecule has 0 aromatic heterocycles. The van der Waals surface area contributed by atoms with Crippen LogP contribution in [0.4, 0.5) is 0 Å². The van der Waals surface area contributed by atoms with Crippen LogP contribution in [0.15, 0.2) is 57.1 Å². The van der Waals surface area contributed by atoms with Crippen molar-refractivity contribution in [2.75, 3.05) is 0 Å². The highest BCUT2D eigenvalue weighted by atomic mass is 32.2. The fourth-order valence-corrected chi connectivity index (χ4v) is 1.56. The lowest BCUT2D eigenvalue weighted by molar-refractivity contribution is 0.973. The maximum atomic E-state index is 4.18. The first-order valence-corrected chi connectivity index (χ1v) is 5.12. The molecule has 0 saturated carbocycles. The summed E-state index contributed by atoms with van der Waals surface area (Å²) >= 11 is 1.59. The molecule has 0 aliphatic carbocycles. The lowest BCUT2D eigenvalue weighted by atomic mass is 10.2. The minimum absolute atomic E-state index is 0.884. The van der Waals surface area contributed by atoms with Gasteiger partial charge >= 0.3 is 0 Å². The van der Waals surface area contributed by atoms with Crippen LogP contribution in [0.3, 0.4) is 0 Å². The van der Waals surface area contributed by atoms with E-state index in [-0.39, 0.29) is 0 Å². The Balaban J connectivity index is 2.22. The Morgan fingerprint density at radius 3 is 3.29 bits per heavy atom. The van der Waals surface area contributed by atoms with Crippen molar-refractivity contribution >= 4 is 23.7 Å². The zero-order valence-corrected chi connectivity index (χ0v) is 8.24. The van der Waals surface area contributed by atoms with Gasteiger partial charge in [-0.2, -0.15) is 5.10 Å². The Kier molecular flexibility index (Phi) is 2.98. The first-order chi connectivity index (χ1) is 6.97. The molecular weight excluding hydrogens is 194 g/mol. The normalized spacial score (nSPS) is 19.4. The molecule has 2 aliphatic rings. The Morgan fingerprint density at radius 1 is 1.29 bits per heavy atom. The molecule has 0 saturated heterocycles. The van der Waals surface area contributed by atoms with Gasteiger partial charge in [-0.25, -0.2) is 0 Å². The van der Waals surface area contributed by atoms with Crippen LogP contribution < -0.4 is 5.43 Å². The number of nitrogens with zero attached hydrogens (tertiary/aromatic N) is 2. The Hall–Kier alpha value is -1.55. The van der Waals surface area contributed by atoms with E-state index in [1.165, 1.54) is 0 Å². The molecule has 0 fully saturated rings. The van der Waals surface area contributed by atoms with Crippen molar-refractivity contribution < 1.29 is 0 Å². The van der Waals surface area contributed by atoms with Gasteiger partial charge in [-0.1, -0.05) is 6.08 Å². The predicted molar refractivity (Wildman–Crippen MR) is 62.2 cm³/mol. The lowest BCUT2D eigenvalue weighted by Crippen LogP contribution is -2.04. The highest BCUT2D eigenvalue weighted by Gasteiger charge is 2.02. The second kappa shape index (κ2) is 4.62. The minimum Gasteiger partial charge on any atom is -0.285 e. The van der Waals surface area contributed by atoms with E-state index in [1.807, 2.05) is 29.0 Å². The van der Waals surface area contributed by atoms with E-state index in [0.29, 0.717) is 0 Å². The standard InChI is InChI=1S/C10H9N3S/c1-2-4-12-13-10(3-1)9-7-11-5-6-14-8-9/h1-8,12H. The number of nitrogens with one attached hydrogen (secondary N) is 1. The maximum absolute atomic E-state index is 4.18. The Morgan fingerprint density at radius 2 is 2.29 bits per heavy atom. The molecule has 0 aromatic carbocycles. The van der Waals surface area contributed by atoms with Gasteiger partial charge in [0, 0.05) is 24.2 Å². The second-order valence-electron chi connectivity index (χ2n) is 2.62. The third kappa shape index (κ3) is 2.23. The van der Waals surface area contributed by atoms with Gasteiger partial charge in [0.25, 0.3) is 0 Å². The molecule has 70 valence electrons. The van der Waals surface area contributed by atoms with E-state index < -0.39 is 0 Å². The number of allylic oxidation sites excluding steroid dienone is 4. The summed E-state index contributed by atoms with van der Waals surface area (Å²) < 4.78 is 0. The first-order valence-electron chi connectivity index (χ1n) is 4.17. The smallest absolute Gasteiger partial charge is 0.0926 e. The fraction of sp³-hybridized carbons (Fsp3) is 0. The molecule has 14 heavy (non-hydrogen) atoms. The molecular formula is C10H9N3S. The summed E-state index contributed by atoms with van der Waals surface area (Å²) in [7, 11) is 0. The summed E-state index contributed by atoms with van der Waals surface area (Å²) in [5, 5.41) is 8.12. The Bertz CT molecular complexity index is 348. The predicted octanol–water partition coefficient (Wildman–Crippen LogP) is 2.19. The van der Waals surface area contributed by atoms with Crippen molar-refractivity contribution in [1.82, 2.24) is 5.43 Å². The number of rotatable bonds is 1. The van der Waals surface area contributed by atoms with Crippen molar-refractivity contribution in [2.24, 2.45) is 10.1 Å². The molecule has 4 heteroatoms. The van der Waals surface area contributed by atoms with Crippen molar-refractivity contribution in [3.05, 3.63) is 47.0 Å². The van der Waals surface area contributed by atoms with Crippen molar-refractivity contribution in [2.45, 2.75) is 0 Å². The average molecular weight is 203 g/mol. The largest absolute Gasteiger partial charge is 0.285 e. The number of thioether (sulfide) groups is 1.